The van der Waals surface area contributed by atoms with E-state index in [-0.39, 0.29) is 11.2 Å². The van der Waals surface area contributed by atoms with Crippen LogP contribution in [0.4, 0.5) is 5.69 Å². The van der Waals surface area contributed by atoms with E-state index in [4.69, 9.17) is 0 Å². The fourth-order valence-corrected chi connectivity index (χ4v) is 1.58. The van der Waals surface area contributed by atoms with Gasteiger partial charge in [-0.2, -0.15) is 12.6 Å². The predicted octanol–water partition coefficient (Wildman–Crippen LogP) is 2.94. The molecule has 0 heterocycles. The van der Waals surface area contributed by atoms with Crippen LogP contribution in [0.1, 0.15) is 13.3 Å². The lowest BCUT2D eigenvalue weighted by Gasteiger charge is -2.09. The molecule has 1 aromatic rings. The number of carbonyl (C=O) groups excluding carboxylic acids is 1. The number of halogens is 1. The standard InChI is InChI=1S/C10H12INOS/c1-2-9(14)10(13)12-8-5-3-4-7(11)6-8/h3-6,9,14H,2H2,1H3,(H,12,13). The van der Waals surface area contributed by atoms with Gasteiger partial charge in [-0.15, -0.1) is 0 Å². The molecule has 76 valence electrons. The fraction of sp³-hybridized carbons (Fsp3) is 0.300. The van der Waals surface area contributed by atoms with Crippen LogP contribution in [0, 0.1) is 3.57 Å². The lowest BCUT2D eigenvalue weighted by Crippen LogP contribution is -2.22. The van der Waals surface area contributed by atoms with Crippen LogP contribution < -0.4 is 5.32 Å². The van der Waals surface area contributed by atoms with E-state index in [0.29, 0.717) is 0 Å². The Morgan fingerprint density at radius 3 is 2.93 bits per heavy atom. The van der Waals surface area contributed by atoms with Crippen LogP contribution >= 0.6 is 35.2 Å². The van der Waals surface area contributed by atoms with Crippen molar-refractivity contribution in [3.05, 3.63) is 27.8 Å². The molecule has 1 N–H and O–H groups in total. The first kappa shape index (κ1) is 11.8. The first-order valence-corrected chi connectivity index (χ1v) is 5.97. The molecule has 1 rings (SSSR count). The summed E-state index contributed by atoms with van der Waals surface area (Å²) >= 11 is 6.38. The van der Waals surface area contributed by atoms with Crippen LogP contribution in [0.5, 0.6) is 0 Å². The predicted molar refractivity (Wildman–Crippen MR) is 70.9 cm³/mol. The molecular formula is C10H12INOS. The summed E-state index contributed by atoms with van der Waals surface area (Å²) < 4.78 is 1.10. The summed E-state index contributed by atoms with van der Waals surface area (Å²) in [5, 5.41) is 2.58. The molecule has 1 aromatic carbocycles. The molecule has 1 amide bonds. The molecule has 0 fully saturated rings. The Labute approximate surface area is 103 Å². The molecule has 14 heavy (non-hydrogen) atoms. The number of hydrogen-bond acceptors (Lipinski definition) is 2. The van der Waals surface area contributed by atoms with Crippen LogP contribution in [-0.2, 0) is 4.79 Å². The minimum atomic E-state index is -0.229. The Morgan fingerprint density at radius 2 is 2.36 bits per heavy atom. The molecule has 4 heteroatoms. The average molecular weight is 321 g/mol. The van der Waals surface area contributed by atoms with E-state index in [1.807, 2.05) is 31.2 Å². The number of hydrogen-bond donors (Lipinski definition) is 2. The number of amides is 1. The summed E-state index contributed by atoms with van der Waals surface area (Å²) in [7, 11) is 0. The average Bonchev–Trinajstić information content (AvgIpc) is 2.16. The van der Waals surface area contributed by atoms with Crippen molar-refractivity contribution in [3.8, 4) is 0 Å². The third-order valence-electron chi connectivity index (χ3n) is 1.78. The molecule has 0 aromatic heterocycles. The maximum absolute atomic E-state index is 11.5. The molecule has 0 aliphatic heterocycles. The van der Waals surface area contributed by atoms with Gasteiger partial charge in [0, 0.05) is 9.26 Å². The highest BCUT2D eigenvalue weighted by Gasteiger charge is 2.10. The van der Waals surface area contributed by atoms with Crippen molar-refractivity contribution in [2.45, 2.75) is 18.6 Å². The Morgan fingerprint density at radius 1 is 1.64 bits per heavy atom. The second-order valence-electron chi connectivity index (χ2n) is 2.92. The van der Waals surface area contributed by atoms with E-state index in [1.165, 1.54) is 0 Å². The normalized spacial score (nSPS) is 12.2. The van der Waals surface area contributed by atoms with E-state index < -0.39 is 0 Å². The zero-order valence-electron chi connectivity index (χ0n) is 7.83. The van der Waals surface area contributed by atoms with E-state index >= 15 is 0 Å². The smallest absolute Gasteiger partial charge is 0.237 e. The molecule has 0 aliphatic carbocycles. The molecule has 1 unspecified atom stereocenters. The van der Waals surface area contributed by atoms with Gasteiger partial charge in [0.2, 0.25) is 5.91 Å². The number of rotatable bonds is 3. The Bertz CT molecular complexity index is 330. The quantitative estimate of drug-likeness (QED) is 0.650. The first-order chi connectivity index (χ1) is 6.63. The molecule has 0 radical (unpaired) electrons. The highest BCUT2D eigenvalue weighted by atomic mass is 127. The second kappa shape index (κ2) is 5.60. The molecule has 1 atom stereocenters. The maximum atomic E-state index is 11.5. The Balaban J connectivity index is 2.65. The minimum absolute atomic E-state index is 0.0437. The number of anilines is 1. The van der Waals surface area contributed by atoms with Crippen LogP contribution in [0.15, 0.2) is 24.3 Å². The zero-order valence-corrected chi connectivity index (χ0v) is 10.9. The van der Waals surface area contributed by atoms with E-state index in [9.17, 15) is 4.79 Å². The summed E-state index contributed by atoms with van der Waals surface area (Å²) in [5.41, 5.74) is 0.828. The van der Waals surface area contributed by atoms with Gasteiger partial charge in [0.15, 0.2) is 0 Å². The molecule has 2 nitrogen and oxygen atoms in total. The third kappa shape index (κ3) is 3.49. The topological polar surface area (TPSA) is 29.1 Å². The maximum Gasteiger partial charge on any atom is 0.237 e. The van der Waals surface area contributed by atoms with Gasteiger partial charge in [-0.05, 0) is 47.2 Å². The molecule has 0 spiro atoms. The van der Waals surface area contributed by atoms with Gasteiger partial charge in [0.05, 0.1) is 5.25 Å². The van der Waals surface area contributed by atoms with Crippen LogP contribution in [-0.4, -0.2) is 11.2 Å². The first-order valence-electron chi connectivity index (χ1n) is 4.38. The lowest BCUT2D eigenvalue weighted by atomic mass is 10.3. The molecule has 0 saturated heterocycles. The SMILES string of the molecule is CCC(S)C(=O)Nc1cccc(I)c1. The number of benzene rings is 1. The van der Waals surface area contributed by atoms with E-state index in [0.717, 1.165) is 15.7 Å². The Kier molecular flexibility index (Phi) is 4.74. The van der Waals surface area contributed by atoms with Gasteiger partial charge in [0.1, 0.15) is 0 Å². The highest BCUT2D eigenvalue weighted by Crippen LogP contribution is 2.13. The van der Waals surface area contributed by atoms with Gasteiger partial charge in [-0.1, -0.05) is 13.0 Å². The largest absolute Gasteiger partial charge is 0.325 e. The van der Waals surface area contributed by atoms with Gasteiger partial charge in [0.25, 0.3) is 0 Å². The van der Waals surface area contributed by atoms with Crippen LogP contribution in [0.2, 0.25) is 0 Å². The van der Waals surface area contributed by atoms with Gasteiger partial charge >= 0.3 is 0 Å². The van der Waals surface area contributed by atoms with E-state index in [2.05, 4.69) is 40.5 Å². The molecule has 0 aliphatic rings. The summed E-state index contributed by atoms with van der Waals surface area (Å²) in [5.74, 6) is -0.0437. The molecular weight excluding hydrogens is 309 g/mol. The Hall–Kier alpha value is -0.230. The fourth-order valence-electron chi connectivity index (χ4n) is 0.977. The van der Waals surface area contributed by atoms with Crippen molar-refractivity contribution in [3.63, 3.8) is 0 Å². The van der Waals surface area contributed by atoms with Crippen molar-refractivity contribution in [1.29, 1.82) is 0 Å². The molecule has 0 bridgehead atoms. The number of carbonyl (C=O) groups is 1. The van der Waals surface area contributed by atoms with Crippen LogP contribution in [0.25, 0.3) is 0 Å². The summed E-state index contributed by atoms with van der Waals surface area (Å²) in [6.45, 7) is 1.94. The van der Waals surface area contributed by atoms with E-state index in [1.54, 1.807) is 0 Å². The third-order valence-corrected chi connectivity index (χ3v) is 3.05. The molecule has 0 saturated carbocycles. The number of thiol groups is 1. The van der Waals surface area contributed by atoms with Crippen LogP contribution in [0.3, 0.4) is 0 Å². The highest BCUT2D eigenvalue weighted by molar-refractivity contribution is 14.1. The summed E-state index contributed by atoms with van der Waals surface area (Å²) in [4.78, 5) is 11.5. The van der Waals surface area contributed by atoms with Crippen molar-refractivity contribution in [2.75, 3.05) is 5.32 Å². The van der Waals surface area contributed by atoms with Crippen molar-refractivity contribution in [1.82, 2.24) is 0 Å². The monoisotopic (exact) mass is 321 g/mol. The van der Waals surface area contributed by atoms with Crippen molar-refractivity contribution in [2.24, 2.45) is 0 Å². The minimum Gasteiger partial charge on any atom is -0.325 e. The second-order valence-corrected chi connectivity index (χ2v) is 4.79. The van der Waals surface area contributed by atoms with Gasteiger partial charge in [-0.25, -0.2) is 0 Å². The summed E-state index contributed by atoms with van der Waals surface area (Å²) in [6.07, 6.45) is 0.735. The van der Waals surface area contributed by atoms with Gasteiger partial charge < -0.3 is 5.32 Å². The summed E-state index contributed by atoms with van der Waals surface area (Å²) in [6, 6.07) is 7.69. The van der Waals surface area contributed by atoms with Gasteiger partial charge in [-0.3, -0.25) is 4.79 Å². The lowest BCUT2D eigenvalue weighted by molar-refractivity contribution is -0.115. The van der Waals surface area contributed by atoms with Crippen molar-refractivity contribution < 1.29 is 4.79 Å². The number of nitrogens with one attached hydrogen (secondary N) is 1. The zero-order chi connectivity index (χ0) is 10.6. The van der Waals surface area contributed by atoms with Crippen molar-refractivity contribution >= 4 is 46.8 Å².